The van der Waals surface area contributed by atoms with E-state index in [0.29, 0.717) is 20.6 Å². The van der Waals surface area contributed by atoms with E-state index in [0.717, 1.165) is 24.6 Å². The molecular weight excluding hydrogens is 301 g/mol. The third kappa shape index (κ3) is 3.02. The Morgan fingerprint density at radius 2 is 1.65 bits per heavy atom. The van der Waals surface area contributed by atoms with E-state index in [4.69, 9.17) is 34.8 Å². The van der Waals surface area contributed by atoms with Crippen molar-refractivity contribution in [2.45, 2.75) is 0 Å². The second-order valence-electron chi connectivity index (χ2n) is 3.65. The molecule has 0 bridgehead atoms. The van der Waals surface area contributed by atoms with Crippen LogP contribution in [-0.2, 0) is 0 Å². The molecule has 0 spiro atoms. The van der Waals surface area contributed by atoms with Crippen molar-refractivity contribution in [2.24, 2.45) is 0 Å². The predicted molar refractivity (Wildman–Crippen MR) is 74.7 cm³/mol. The number of thioether (sulfide) groups is 1. The highest BCUT2D eigenvalue weighted by Crippen LogP contribution is 2.30. The van der Waals surface area contributed by atoms with Crippen LogP contribution in [0, 0.1) is 0 Å². The summed E-state index contributed by atoms with van der Waals surface area (Å²) in [6, 6.07) is 3.09. The molecule has 0 aliphatic carbocycles. The van der Waals surface area contributed by atoms with E-state index < -0.39 is 0 Å². The van der Waals surface area contributed by atoms with E-state index in [1.165, 1.54) is 0 Å². The van der Waals surface area contributed by atoms with Gasteiger partial charge < -0.3 is 4.90 Å². The van der Waals surface area contributed by atoms with Crippen LogP contribution in [0.1, 0.15) is 10.4 Å². The molecule has 1 heterocycles. The van der Waals surface area contributed by atoms with Gasteiger partial charge in [-0.05, 0) is 12.1 Å². The molecule has 1 aliphatic heterocycles. The van der Waals surface area contributed by atoms with Gasteiger partial charge >= 0.3 is 0 Å². The van der Waals surface area contributed by atoms with Crippen LogP contribution >= 0.6 is 46.6 Å². The number of nitrogens with zero attached hydrogens (tertiary/aromatic N) is 1. The van der Waals surface area contributed by atoms with E-state index in [2.05, 4.69) is 0 Å². The monoisotopic (exact) mass is 309 g/mol. The Morgan fingerprint density at radius 3 is 2.18 bits per heavy atom. The van der Waals surface area contributed by atoms with Crippen molar-refractivity contribution in [3.05, 3.63) is 32.8 Å². The van der Waals surface area contributed by atoms with E-state index in [1.54, 1.807) is 17.0 Å². The highest BCUT2D eigenvalue weighted by molar-refractivity contribution is 7.99. The summed E-state index contributed by atoms with van der Waals surface area (Å²) in [7, 11) is 0. The molecule has 0 N–H and O–H groups in total. The van der Waals surface area contributed by atoms with Gasteiger partial charge in [0.1, 0.15) is 0 Å². The number of hydrogen-bond acceptors (Lipinski definition) is 2. The summed E-state index contributed by atoms with van der Waals surface area (Å²) in [4.78, 5) is 14.0. The molecule has 2 rings (SSSR count). The van der Waals surface area contributed by atoms with Gasteiger partial charge in [0, 0.05) is 29.6 Å². The largest absolute Gasteiger partial charge is 0.337 e. The minimum absolute atomic E-state index is 0.114. The van der Waals surface area contributed by atoms with E-state index in [9.17, 15) is 4.79 Å². The van der Waals surface area contributed by atoms with Gasteiger partial charge in [-0.3, -0.25) is 4.79 Å². The highest BCUT2D eigenvalue weighted by atomic mass is 35.5. The van der Waals surface area contributed by atoms with Gasteiger partial charge in [-0.25, -0.2) is 0 Å². The standard InChI is InChI=1S/C11H10Cl3NOS/c12-7-5-8(13)10(9(14)6-7)11(16)15-1-3-17-4-2-15/h5-6H,1-4H2. The zero-order chi connectivity index (χ0) is 12.4. The van der Waals surface area contributed by atoms with Gasteiger partial charge in [0.15, 0.2) is 0 Å². The quantitative estimate of drug-likeness (QED) is 0.785. The Morgan fingerprint density at radius 1 is 1.12 bits per heavy atom. The molecule has 0 atom stereocenters. The lowest BCUT2D eigenvalue weighted by Crippen LogP contribution is -2.38. The van der Waals surface area contributed by atoms with Crippen LogP contribution in [0.4, 0.5) is 0 Å². The zero-order valence-corrected chi connectivity index (χ0v) is 12.0. The van der Waals surface area contributed by atoms with Gasteiger partial charge in [0.2, 0.25) is 0 Å². The number of carbonyl (C=O) groups excluding carboxylic acids is 1. The van der Waals surface area contributed by atoms with E-state index in [1.807, 2.05) is 11.8 Å². The average Bonchev–Trinajstić information content (AvgIpc) is 2.28. The van der Waals surface area contributed by atoms with Crippen molar-refractivity contribution in [1.29, 1.82) is 0 Å². The fraction of sp³-hybridized carbons (Fsp3) is 0.364. The minimum atomic E-state index is -0.114. The van der Waals surface area contributed by atoms with Crippen LogP contribution in [0.2, 0.25) is 15.1 Å². The normalized spacial score (nSPS) is 16.1. The first-order chi connectivity index (χ1) is 8.09. The average molecular weight is 311 g/mol. The van der Waals surface area contributed by atoms with Gasteiger partial charge in [0.05, 0.1) is 15.6 Å². The van der Waals surface area contributed by atoms with Gasteiger partial charge in [0.25, 0.3) is 5.91 Å². The van der Waals surface area contributed by atoms with Gasteiger partial charge in [-0.15, -0.1) is 0 Å². The van der Waals surface area contributed by atoms with Crippen LogP contribution in [0.15, 0.2) is 12.1 Å². The topological polar surface area (TPSA) is 20.3 Å². The third-order valence-electron chi connectivity index (χ3n) is 2.52. The lowest BCUT2D eigenvalue weighted by Gasteiger charge is -2.27. The molecule has 17 heavy (non-hydrogen) atoms. The lowest BCUT2D eigenvalue weighted by molar-refractivity contribution is 0.0772. The van der Waals surface area contributed by atoms with Crippen LogP contribution in [0.5, 0.6) is 0 Å². The molecule has 92 valence electrons. The fourth-order valence-electron chi connectivity index (χ4n) is 1.67. The summed E-state index contributed by atoms with van der Waals surface area (Å²) in [5.74, 6) is 1.79. The molecule has 1 aliphatic rings. The van der Waals surface area contributed by atoms with Crippen molar-refractivity contribution in [3.63, 3.8) is 0 Å². The first-order valence-electron chi connectivity index (χ1n) is 5.11. The van der Waals surface area contributed by atoms with Crippen LogP contribution in [-0.4, -0.2) is 35.4 Å². The van der Waals surface area contributed by atoms with E-state index >= 15 is 0 Å². The number of amides is 1. The third-order valence-corrected chi connectivity index (χ3v) is 4.28. The van der Waals surface area contributed by atoms with Crippen molar-refractivity contribution >= 4 is 52.5 Å². The first-order valence-corrected chi connectivity index (χ1v) is 7.40. The molecule has 1 amide bonds. The van der Waals surface area contributed by atoms with Crippen LogP contribution < -0.4 is 0 Å². The molecule has 6 heteroatoms. The van der Waals surface area contributed by atoms with E-state index in [-0.39, 0.29) is 5.91 Å². The van der Waals surface area contributed by atoms with Gasteiger partial charge in [-0.2, -0.15) is 11.8 Å². The minimum Gasteiger partial charge on any atom is -0.337 e. The number of rotatable bonds is 1. The predicted octanol–water partition coefficient (Wildman–Crippen LogP) is 3.84. The SMILES string of the molecule is O=C(c1c(Cl)cc(Cl)cc1Cl)N1CCSCC1. The maximum absolute atomic E-state index is 12.3. The number of benzene rings is 1. The molecule has 0 radical (unpaired) electrons. The Balaban J connectivity index is 2.30. The fourth-order valence-corrected chi connectivity index (χ4v) is 3.55. The number of halogens is 3. The molecule has 0 unspecified atom stereocenters. The molecule has 1 saturated heterocycles. The Kier molecular flexibility index (Phi) is 4.47. The summed E-state index contributed by atoms with van der Waals surface area (Å²) < 4.78 is 0. The van der Waals surface area contributed by atoms with Crippen LogP contribution in [0.25, 0.3) is 0 Å². The summed E-state index contributed by atoms with van der Waals surface area (Å²) in [6.45, 7) is 1.47. The maximum Gasteiger partial charge on any atom is 0.256 e. The van der Waals surface area contributed by atoms with Gasteiger partial charge in [-0.1, -0.05) is 34.8 Å². The lowest BCUT2D eigenvalue weighted by atomic mass is 10.2. The molecule has 0 aromatic heterocycles. The number of carbonyl (C=O) groups is 1. The first kappa shape index (κ1) is 13.3. The second-order valence-corrected chi connectivity index (χ2v) is 6.12. The molecular formula is C11H10Cl3NOS. The molecule has 1 fully saturated rings. The van der Waals surface area contributed by atoms with Crippen molar-refractivity contribution < 1.29 is 4.79 Å². The highest BCUT2D eigenvalue weighted by Gasteiger charge is 2.23. The number of hydrogen-bond donors (Lipinski definition) is 0. The molecule has 2 nitrogen and oxygen atoms in total. The Hall–Kier alpha value is -0.0900. The second kappa shape index (κ2) is 5.70. The molecule has 1 aromatic carbocycles. The summed E-state index contributed by atoms with van der Waals surface area (Å²) in [5.41, 5.74) is 0.352. The summed E-state index contributed by atoms with van der Waals surface area (Å²) in [6.07, 6.45) is 0. The Bertz CT molecular complexity index is 423. The zero-order valence-electron chi connectivity index (χ0n) is 8.88. The van der Waals surface area contributed by atoms with Crippen molar-refractivity contribution in [1.82, 2.24) is 4.90 Å². The molecule has 0 saturated carbocycles. The Labute approximate surface area is 119 Å². The maximum atomic E-state index is 12.3. The smallest absolute Gasteiger partial charge is 0.256 e. The van der Waals surface area contributed by atoms with Crippen molar-refractivity contribution in [3.8, 4) is 0 Å². The molecule has 1 aromatic rings. The van der Waals surface area contributed by atoms with Crippen LogP contribution in [0.3, 0.4) is 0 Å². The van der Waals surface area contributed by atoms with Crippen molar-refractivity contribution in [2.75, 3.05) is 24.6 Å². The summed E-state index contributed by atoms with van der Waals surface area (Å²) in [5, 5.41) is 1.06. The summed E-state index contributed by atoms with van der Waals surface area (Å²) >= 11 is 19.7.